The van der Waals surface area contributed by atoms with E-state index < -0.39 is 5.60 Å². The number of nitrogens with zero attached hydrogens (tertiary/aromatic N) is 1. The minimum Gasteiger partial charge on any atom is -0.390 e. The van der Waals surface area contributed by atoms with E-state index in [4.69, 9.17) is 9.47 Å². The Balaban J connectivity index is 1.59. The van der Waals surface area contributed by atoms with Crippen LogP contribution in [0.15, 0.2) is 0 Å². The molecule has 3 N–H and O–H groups in total. The molecule has 7 heteroatoms. The highest BCUT2D eigenvalue weighted by molar-refractivity contribution is 5.94. The third-order valence-electron chi connectivity index (χ3n) is 4.75. The predicted molar refractivity (Wildman–Crippen MR) is 83.2 cm³/mol. The van der Waals surface area contributed by atoms with Gasteiger partial charge < -0.3 is 19.9 Å². The van der Waals surface area contributed by atoms with E-state index in [2.05, 4.69) is 15.5 Å². The van der Waals surface area contributed by atoms with Gasteiger partial charge in [-0.15, -0.1) is 0 Å². The molecule has 7 nitrogen and oxygen atoms in total. The van der Waals surface area contributed by atoms with Crippen molar-refractivity contribution in [1.82, 2.24) is 15.5 Å². The number of amides is 1. The summed E-state index contributed by atoms with van der Waals surface area (Å²) in [6.07, 6.45) is 2.45. The first-order valence-corrected chi connectivity index (χ1v) is 8.29. The molecule has 0 radical (unpaired) electrons. The minimum atomic E-state index is -0.729. The van der Waals surface area contributed by atoms with Gasteiger partial charge in [0.2, 0.25) is 0 Å². The average molecular weight is 323 g/mol. The monoisotopic (exact) mass is 323 g/mol. The standard InChI is InChI=1S/C16H25N3O4/c1-10-9-12-13(11(2)23-10)18-19-14(12)15(20)17-6-3-16(21)4-7-22-8-5-16/h10-11,21H,3-9H2,1-2H3,(H,17,20)(H,18,19)/t10-,11+/m1/s1. The van der Waals surface area contributed by atoms with Crippen molar-refractivity contribution in [2.45, 2.75) is 57.3 Å². The van der Waals surface area contributed by atoms with Gasteiger partial charge in [-0.1, -0.05) is 0 Å². The Morgan fingerprint density at radius 1 is 1.43 bits per heavy atom. The third-order valence-corrected chi connectivity index (χ3v) is 4.75. The molecule has 2 atom stereocenters. The number of aromatic amines is 1. The largest absolute Gasteiger partial charge is 0.390 e. The molecule has 0 aliphatic carbocycles. The van der Waals surface area contributed by atoms with Crippen LogP contribution >= 0.6 is 0 Å². The van der Waals surface area contributed by atoms with Crippen LogP contribution in [0, 0.1) is 0 Å². The summed E-state index contributed by atoms with van der Waals surface area (Å²) in [5.41, 5.74) is 1.55. The lowest BCUT2D eigenvalue weighted by Gasteiger charge is -2.32. The van der Waals surface area contributed by atoms with E-state index in [9.17, 15) is 9.90 Å². The van der Waals surface area contributed by atoms with E-state index in [-0.39, 0.29) is 18.1 Å². The fraction of sp³-hybridized carbons (Fsp3) is 0.750. The number of hydrogen-bond acceptors (Lipinski definition) is 5. The van der Waals surface area contributed by atoms with Crippen molar-refractivity contribution in [3.8, 4) is 0 Å². The summed E-state index contributed by atoms with van der Waals surface area (Å²) in [6, 6.07) is 0. The van der Waals surface area contributed by atoms with Crippen LogP contribution in [-0.4, -0.2) is 52.7 Å². The molecular formula is C16H25N3O4. The molecule has 0 spiro atoms. The molecule has 0 unspecified atom stereocenters. The van der Waals surface area contributed by atoms with Crippen molar-refractivity contribution in [2.75, 3.05) is 19.8 Å². The van der Waals surface area contributed by atoms with Crippen LogP contribution in [0.3, 0.4) is 0 Å². The van der Waals surface area contributed by atoms with E-state index in [0.29, 0.717) is 51.1 Å². The van der Waals surface area contributed by atoms with E-state index in [1.165, 1.54) is 0 Å². The molecule has 3 heterocycles. The maximum atomic E-state index is 12.4. The van der Waals surface area contributed by atoms with Gasteiger partial charge in [0.1, 0.15) is 0 Å². The van der Waals surface area contributed by atoms with Gasteiger partial charge in [-0.2, -0.15) is 5.10 Å². The molecule has 1 aromatic heterocycles. The summed E-state index contributed by atoms with van der Waals surface area (Å²) in [4.78, 5) is 12.4. The number of H-pyrrole nitrogens is 1. The topological polar surface area (TPSA) is 96.5 Å². The fourth-order valence-electron chi connectivity index (χ4n) is 3.36. The van der Waals surface area contributed by atoms with Gasteiger partial charge in [0.05, 0.1) is 23.5 Å². The van der Waals surface area contributed by atoms with E-state index in [1.54, 1.807) is 0 Å². The Kier molecular flexibility index (Phi) is 4.70. The van der Waals surface area contributed by atoms with Gasteiger partial charge in [-0.3, -0.25) is 9.89 Å². The molecule has 1 fully saturated rings. The number of ether oxygens (including phenoxy) is 2. The Labute approximate surface area is 135 Å². The second-order valence-electron chi connectivity index (χ2n) is 6.60. The van der Waals surface area contributed by atoms with Crippen LogP contribution in [0.2, 0.25) is 0 Å². The average Bonchev–Trinajstić information content (AvgIpc) is 2.91. The van der Waals surface area contributed by atoms with Crippen LogP contribution in [0.1, 0.15) is 61.0 Å². The second-order valence-corrected chi connectivity index (χ2v) is 6.60. The molecule has 2 aliphatic rings. The fourth-order valence-corrected chi connectivity index (χ4v) is 3.36. The summed E-state index contributed by atoms with van der Waals surface area (Å²) in [7, 11) is 0. The van der Waals surface area contributed by atoms with Crippen molar-refractivity contribution in [3.05, 3.63) is 17.0 Å². The number of fused-ring (bicyclic) bond motifs is 1. The lowest BCUT2D eigenvalue weighted by atomic mass is 9.91. The van der Waals surface area contributed by atoms with Crippen molar-refractivity contribution in [1.29, 1.82) is 0 Å². The molecule has 1 amide bonds. The number of aliphatic hydroxyl groups is 1. The zero-order valence-corrected chi connectivity index (χ0v) is 13.7. The zero-order chi connectivity index (χ0) is 16.4. The molecule has 128 valence electrons. The first kappa shape index (κ1) is 16.4. The first-order chi connectivity index (χ1) is 11.0. The number of rotatable bonds is 4. The van der Waals surface area contributed by atoms with Crippen molar-refractivity contribution in [2.24, 2.45) is 0 Å². The molecular weight excluding hydrogens is 298 g/mol. The molecule has 0 saturated carbocycles. The van der Waals surface area contributed by atoms with Gasteiger partial charge in [0.25, 0.3) is 5.91 Å². The van der Waals surface area contributed by atoms with Crippen LogP contribution in [0.25, 0.3) is 0 Å². The summed E-state index contributed by atoms with van der Waals surface area (Å²) < 4.78 is 11.0. The van der Waals surface area contributed by atoms with Crippen molar-refractivity contribution >= 4 is 5.91 Å². The number of carbonyl (C=O) groups excluding carboxylic acids is 1. The SMILES string of the molecule is C[C@@H]1Cc2c(C(=O)NCCC3(O)CCOCC3)n[nH]c2[C@H](C)O1. The zero-order valence-electron chi connectivity index (χ0n) is 13.7. The quantitative estimate of drug-likeness (QED) is 0.771. The minimum absolute atomic E-state index is 0.0737. The van der Waals surface area contributed by atoms with Gasteiger partial charge in [-0.25, -0.2) is 0 Å². The molecule has 0 aromatic carbocycles. The number of aromatic nitrogens is 2. The number of hydrogen-bond donors (Lipinski definition) is 3. The van der Waals surface area contributed by atoms with E-state index in [0.717, 1.165) is 11.3 Å². The molecule has 23 heavy (non-hydrogen) atoms. The summed E-state index contributed by atoms with van der Waals surface area (Å²) in [5, 5.41) is 20.4. The van der Waals surface area contributed by atoms with Crippen molar-refractivity contribution < 1.29 is 19.4 Å². The molecule has 1 saturated heterocycles. The van der Waals surface area contributed by atoms with Crippen LogP contribution in [0.5, 0.6) is 0 Å². The van der Waals surface area contributed by atoms with Crippen LogP contribution in [0.4, 0.5) is 0 Å². The van der Waals surface area contributed by atoms with Gasteiger partial charge in [0, 0.05) is 31.7 Å². The van der Waals surface area contributed by atoms with Crippen LogP contribution < -0.4 is 5.32 Å². The van der Waals surface area contributed by atoms with Crippen molar-refractivity contribution in [3.63, 3.8) is 0 Å². The molecule has 2 aliphatic heterocycles. The summed E-state index contributed by atoms with van der Waals surface area (Å²) in [6.45, 7) is 5.53. The third kappa shape index (κ3) is 3.57. The van der Waals surface area contributed by atoms with Gasteiger partial charge >= 0.3 is 0 Å². The van der Waals surface area contributed by atoms with E-state index >= 15 is 0 Å². The Morgan fingerprint density at radius 3 is 2.91 bits per heavy atom. The Bertz CT molecular complexity index is 566. The van der Waals surface area contributed by atoms with Gasteiger partial charge in [0.15, 0.2) is 5.69 Å². The summed E-state index contributed by atoms with van der Waals surface area (Å²) in [5.74, 6) is -0.195. The normalized spacial score (nSPS) is 26.6. The number of carbonyl (C=O) groups is 1. The summed E-state index contributed by atoms with van der Waals surface area (Å²) >= 11 is 0. The van der Waals surface area contributed by atoms with E-state index in [1.807, 2.05) is 13.8 Å². The second kappa shape index (κ2) is 6.59. The molecule has 1 aromatic rings. The lowest BCUT2D eigenvalue weighted by Crippen LogP contribution is -2.40. The highest BCUT2D eigenvalue weighted by Crippen LogP contribution is 2.30. The highest BCUT2D eigenvalue weighted by atomic mass is 16.5. The lowest BCUT2D eigenvalue weighted by molar-refractivity contribution is -0.0670. The number of nitrogens with one attached hydrogen (secondary N) is 2. The van der Waals surface area contributed by atoms with Gasteiger partial charge in [-0.05, 0) is 33.1 Å². The Hall–Kier alpha value is -1.44. The maximum Gasteiger partial charge on any atom is 0.272 e. The maximum absolute atomic E-state index is 12.4. The molecule has 3 rings (SSSR count). The predicted octanol–water partition coefficient (Wildman–Crippen LogP) is 1.09. The first-order valence-electron chi connectivity index (χ1n) is 8.29. The van der Waals surface area contributed by atoms with Crippen LogP contribution in [-0.2, 0) is 15.9 Å². The Morgan fingerprint density at radius 2 is 2.17 bits per heavy atom. The molecule has 0 bridgehead atoms. The smallest absolute Gasteiger partial charge is 0.272 e. The highest BCUT2D eigenvalue weighted by Gasteiger charge is 2.31.